The van der Waals surface area contributed by atoms with Crippen LogP contribution in [0, 0.1) is 5.92 Å². The van der Waals surface area contributed by atoms with Gasteiger partial charge >= 0.3 is 0 Å². The van der Waals surface area contributed by atoms with Gasteiger partial charge in [0.2, 0.25) is 23.6 Å². The summed E-state index contributed by atoms with van der Waals surface area (Å²) in [6.45, 7) is 1.59. The van der Waals surface area contributed by atoms with E-state index in [0.717, 1.165) is 30.4 Å². The molecule has 4 amide bonds. The largest absolute Gasteiger partial charge is 0.494 e. The van der Waals surface area contributed by atoms with E-state index in [1.165, 1.54) is 0 Å². The molecule has 0 radical (unpaired) electrons. The highest BCUT2D eigenvalue weighted by Gasteiger charge is 2.36. The van der Waals surface area contributed by atoms with Gasteiger partial charge in [-0.1, -0.05) is 42.5 Å². The molecule has 1 saturated carbocycles. The van der Waals surface area contributed by atoms with Crippen molar-refractivity contribution >= 4 is 23.6 Å². The van der Waals surface area contributed by atoms with E-state index >= 15 is 0 Å². The number of hydrogen-bond donors (Lipinski definition) is 3. The SMILES string of the molecule is O=C(NCC1CC1)[C@@H]1CCCCOc2cccc(c2)C[C@H](N2CCCC2=O)C(=O)N[C@@H](CCc2ccccc2)C(=O)N1. The summed E-state index contributed by atoms with van der Waals surface area (Å²) < 4.78 is 5.98. The zero-order valence-electron chi connectivity index (χ0n) is 24.2. The van der Waals surface area contributed by atoms with E-state index in [-0.39, 0.29) is 23.6 Å². The van der Waals surface area contributed by atoms with Gasteiger partial charge in [-0.25, -0.2) is 0 Å². The average molecular weight is 575 g/mol. The minimum Gasteiger partial charge on any atom is -0.494 e. The molecule has 9 nitrogen and oxygen atoms in total. The first-order valence-corrected chi connectivity index (χ1v) is 15.4. The minimum absolute atomic E-state index is 0.0605. The molecule has 2 aromatic carbocycles. The van der Waals surface area contributed by atoms with Crippen molar-refractivity contribution < 1.29 is 23.9 Å². The van der Waals surface area contributed by atoms with Gasteiger partial charge in [0.05, 0.1) is 6.61 Å². The lowest BCUT2D eigenvalue weighted by Crippen LogP contribution is -2.57. The zero-order chi connectivity index (χ0) is 29.3. The van der Waals surface area contributed by atoms with Gasteiger partial charge in [-0.2, -0.15) is 0 Å². The van der Waals surface area contributed by atoms with E-state index in [9.17, 15) is 19.2 Å². The van der Waals surface area contributed by atoms with Gasteiger partial charge in [0, 0.05) is 25.9 Å². The zero-order valence-corrected chi connectivity index (χ0v) is 24.2. The molecule has 3 aliphatic rings. The molecule has 2 aromatic rings. The van der Waals surface area contributed by atoms with Crippen LogP contribution in [0.5, 0.6) is 5.75 Å². The lowest BCUT2D eigenvalue weighted by molar-refractivity contribution is -0.139. The third-order valence-electron chi connectivity index (χ3n) is 8.36. The minimum atomic E-state index is -0.862. The van der Waals surface area contributed by atoms with Crippen molar-refractivity contribution in [2.24, 2.45) is 5.92 Å². The van der Waals surface area contributed by atoms with Crippen molar-refractivity contribution in [3.63, 3.8) is 0 Å². The van der Waals surface area contributed by atoms with Crippen LogP contribution in [0.1, 0.15) is 62.5 Å². The first kappa shape index (κ1) is 29.6. The molecule has 2 fully saturated rings. The van der Waals surface area contributed by atoms with Gasteiger partial charge in [-0.15, -0.1) is 0 Å². The van der Waals surface area contributed by atoms with Gasteiger partial charge in [0.15, 0.2) is 0 Å². The number of ether oxygens (including phenoxy) is 1. The topological polar surface area (TPSA) is 117 Å². The van der Waals surface area contributed by atoms with Crippen LogP contribution >= 0.6 is 0 Å². The van der Waals surface area contributed by atoms with Gasteiger partial charge in [0.1, 0.15) is 23.9 Å². The molecule has 224 valence electrons. The summed E-state index contributed by atoms with van der Waals surface area (Å²) in [4.78, 5) is 55.2. The molecule has 2 aliphatic heterocycles. The first-order valence-electron chi connectivity index (χ1n) is 15.4. The Morgan fingerprint density at radius 1 is 0.929 bits per heavy atom. The van der Waals surface area contributed by atoms with Crippen molar-refractivity contribution in [3.8, 4) is 5.75 Å². The molecule has 5 rings (SSSR count). The van der Waals surface area contributed by atoms with E-state index in [0.29, 0.717) is 76.3 Å². The van der Waals surface area contributed by atoms with Gasteiger partial charge < -0.3 is 25.6 Å². The van der Waals surface area contributed by atoms with Crippen LogP contribution in [-0.2, 0) is 32.0 Å². The number of nitrogens with zero attached hydrogens (tertiary/aromatic N) is 1. The van der Waals surface area contributed by atoms with E-state index < -0.39 is 18.1 Å². The van der Waals surface area contributed by atoms with E-state index in [4.69, 9.17) is 4.74 Å². The van der Waals surface area contributed by atoms with Crippen LogP contribution < -0.4 is 20.7 Å². The van der Waals surface area contributed by atoms with Gasteiger partial charge in [-0.3, -0.25) is 19.2 Å². The van der Waals surface area contributed by atoms with Crippen molar-refractivity contribution in [3.05, 3.63) is 65.7 Å². The molecule has 42 heavy (non-hydrogen) atoms. The second-order valence-electron chi connectivity index (χ2n) is 11.7. The maximum Gasteiger partial charge on any atom is 0.243 e. The van der Waals surface area contributed by atoms with Crippen LogP contribution in [0.4, 0.5) is 0 Å². The van der Waals surface area contributed by atoms with Crippen molar-refractivity contribution in [2.45, 2.75) is 82.3 Å². The summed E-state index contributed by atoms with van der Waals surface area (Å²) in [5, 5.41) is 8.95. The van der Waals surface area contributed by atoms with Crippen molar-refractivity contribution in [1.82, 2.24) is 20.9 Å². The summed E-state index contributed by atoms with van der Waals surface area (Å²) in [7, 11) is 0. The van der Waals surface area contributed by atoms with Crippen molar-refractivity contribution in [2.75, 3.05) is 19.7 Å². The Kier molecular flexibility index (Phi) is 10.1. The summed E-state index contributed by atoms with van der Waals surface area (Å²) in [6, 6.07) is 15.1. The number of aryl methyl sites for hydroxylation is 1. The number of nitrogens with one attached hydrogen (secondary N) is 3. The quantitative estimate of drug-likeness (QED) is 0.470. The fourth-order valence-electron chi connectivity index (χ4n) is 5.69. The van der Waals surface area contributed by atoms with Gasteiger partial charge in [-0.05, 0) is 80.5 Å². The number of likely N-dealkylation sites (tertiary alicyclic amines) is 1. The number of hydrogen-bond acceptors (Lipinski definition) is 5. The molecule has 1 aliphatic carbocycles. The Morgan fingerprint density at radius 2 is 1.76 bits per heavy atom. The Labute approximate surface area is 247 Å². The number of rotatable bonds is 7. The lowest BCUT2D eigenvalue weighted by atomic mass is 10.0. The summed E-state index contributed by atoms with van der Waals surface area (Å²) in [5.41, 5.74) is 1.94. The molecule has 2 bridgehead atoms. The van der Waals surface area contributed by atoms with E-state index in [2.05, 4.69) is 16.0 Å². The molecule has 0 unspecified atom stereocenters. The number of carbonyl (C=O) groups excluding carboxylic acids is 4. The maximum absolute atomic E-state index is 13.9. The van der Waals surface area contributed by atoms with Crippen LogP contribution in [0.2, 0.25) is 0 Å². The molecule has 9 heteroatoms. The van der Waals surface area contributed by atoms with Crippen LogP contribution in [-0.4, -0.2) is 66.4 Å². The third kappa shape index (κ3) is 8.33. The molecule has 3 atom stereocenters. The first-order chi connectivity index (χ1) is 20.5. The number of carbonyl (C=O) groups is 4. The predicted molar refractivity (Wildman–Crippen MR) is 159 cm³/mol. The maximum atomic E-state index is 13.9. The molecule has 0 aromatic heterocycles. The number of fused-ring (bicyclic) bond motifs is 2. The summed E-state index contributed by atoms with van der Waals surface area (Å²) in [6.07, 6.45) is 6.47. The third-order valence-corrected chi connectivity index (χ3v) is 8.36. The fraction of sp³-hybridized carbons (Fsp3) is 0.515. The van der Waals surface area contributed by atoms with Crippen LogP contribution in [0.25, 0.3) is 0 Å². The Morgan fingerprint density at radius 3 is 2.52 bits per heavy atom. The van der Waals surface area contributed by atoms with Gasteiger partial charge in [0.25, 0.3) is 0 Å². The second kappa shape index (κ2) is 14.3. The van der Waals surface area contributed by atoms with Crippen LogP contribution in [0.15, 0.2) is 54.6 Å². The summed E-state index contributed by atoms with van der Waals surface area (Å²) >= 11 is 0. The lowest BCUT2D eigenvalue weighted by Gasteiger charge is -2.30. The molecule has 3 N–H and O–H groups in total. The molecular formula is C33H42N4O5. The van der Waals surface area contributed by atoms with E-state index in [1.807, 2.05) is 54.6 Å². The molecule has 0 spiro atoms. The standard InChI is InChI=1S/C33H42N4O5/c38-30-13-7-18-37(30)29-21-25-10-6-11-26(20-25)42-19-5-4-12-27(31(39)34-22-24-14-15-24)35-32(40)28(36-33(29)41)17-16-23-8-2-1-3-9-23/h1-3,6,8-11,20,24,27-29H,4-5,7,12-19,21-22H2,(H,34,39)(H,35,40)(H,36,41)/t27-,28-,29-/m0/s1. The molecular weight excluding hydrogens is 532 g/mol. The highest BCUT2D eigenvalue weighted by Crippen LogP contribution is 2.27. The summed E-state index contributed by atoms with van der Waals surface area (Å²) in [5.74, 6) is 0.213. The van der Waals surface area contributed by atoms with E-state index in [1.54, 1.807) is 4.90 Å². The number of benzene rings is 2. The Balaban J connectivity index is 1.40. The Bertz CT molecular complexity index is 1250. The average Bonchev–Trinajstić information content (AvgIpc) is 3.74. The van der Waals surface area contributed by atoms with Crippen LogP contribution in [0.3, 0.4) is 0 Å². The molecule has 2 heterocycles. The fourth-order valence-corrected chi connectivity index (χ4v) is 5.69. The highest BCUT2D eigenvalue weighted by atomic mass is 16.5. The smallest absolute Gasteiger partial charge is 0.243 e. The normalized spacial score (nSPS) is 24.0. The molecule has 1 saturated heterocycles. The Hall–Kier alpha value is -3.88. The monoisotopic (exact) mass is 574 g/mol. The van der Waals surface area contributed by atoms with Crippen molar-refractivity contribution in [1.29, 1.82) is 0 Å². The highest BCUT2D eigenvalue weighted by molar-refractivity contribution is 5.94. The predicted octanol–water partition coefficient (Wildman–Crippen LogP) is 2.91. The number of amides is 4. The second-order valence-corrected chi connectivity index (χ2v) is 11.7.